The number of rotatable bonds is 6. The van der Waals surface area contributed by atoms with E-state index in [1.54, 1.807) is 0 Å². The van der Waals surface area contributed by atoms with Crippen molar-refractivity contribution in [3.8, 4) is 11.8 Å². The largest absolute Gasteiger partial charge is 0.435 e. The van der Waals surface area contributed by atoms with Crippen LogP contribution in [0.1, 0.15) is 27.3 Å². The zero-order valence-electron chi connectivity index (χ0n) is 19.1. The van der Waals surface area contributed by atoms with Crippen LogP contribution in [0.3, 0.4) is 0 Å². The average Bonchev–Trinajstić information content (AvgIpc) is 2.73. The van der Waals surface area contributed by atoms with Gasteiger partial charge in [0.15, 0.2) is 30.4 Å². The molecular weight excluding hydrogens is 527 g/mol. The van der Waals surface area contributed by atoms with Crippen molar-refractivity contribution in [2.75, 3.05) is 17.8 Å². The molecule has 0 saturated heterocycles. The van der Waals surface area contributed by atoms with E-state index in [1.165, 1.54) is 25.1 Å². The van der Waals surface area contributed by atoms with E-state index in [9.17, 15) is 34.8 Å². The van der Waals surface area contributed by atoms with E-state index in [0.717, 1.165) is 31.7 Å². The molecule has 16 heteroatoms. The summed E-state index contributed by atoms with van der Waals surface area (Å²) in [5.41, 5.74) is -2.80. The summed E-state index contributed by atoms with van der Waals surface area (Å²) < 4.78 is 92.7. The first-order chi connectivity index (χ1) is 16.5. The fourth-order valence-electron chi connectivity index (χ4n) is 2.93. The molecule has 0 bridgehead atoms. The van der Waals surface area contributed by atoms with Crippen LogP contribution in [-0.2, 0) is 25.9 Å². The van der Waals surface area contributed by atoms with Crippen LogP contribution >= 0.6 is 0 Å². The zero-order chi connectivity index (χ0) is 27.1. The van der Waals surface area contributed by atoms with Gasteiger partial charge in [-0.05, 0) is 37.6 Å². The van der Waals surface area contributed by atoms with Crippen molar-refractivity contribution in [2.45, 2.75) is 29.9 Å². The van der Waals surface area contributed by atoms with E-state index in [-0.39, 0.29) is 27.2 Å². The average molecular weight is 546 g/mol. The molecule has 0 radical (unpaired) electrons. The fraction of sp³-hybridized carbons (Fsp3) is 0.250. The van der Waals surface area contributed by atoms with Crippen LogP contribution in [-0.4, -0.2) is 55.4 Å². The predicted molar refractivity (Wildman–Crippen MR) is 119 cm³/mol. The molecule has 1 aromatic carbocycles. The number of alkyl halides is 3. The summed E-state index contributed by atoms with van der Waals surface area (Å²) in [5.74, 6) is -2.10. The highest BCUT2D eigenvalue weighted by Gasteiger charge is 2.38. The maximum absolute atomic E-state index is 13.5. The first-order valence-electron chi connectivity index (χ1n) is 9.76. The summed E-state index contributed by atoms with van der Waals surface area (Å²) in [5, 5.41) is 8.48. The molecule has 0 spiro atoms. The highest BCUT2D eigenvalue weighted by molar-refractivity contribution is 7.91. The Hall–Kier alpha value is -3.66. The molecule has 0 fully saturated rings. The number of nitrogens with one attached hydrogen (secondary N) is 1. The van der Waals surface area contributed by atoms with Crippen LogP contribution in [0.15, 0.2) is 40.4 Å². The van der Waals surface area contributed by atoms with Crippen molar-refractivity contribution in [3.63, 3.8) is 0 Å². The van der Waals surface area contributed by atoms with Gasteiger partial charge in [0.2, 0.25) is 5.88 Å². The molecule has 0 saturated carbocycles. The molecule has 1 amide bonds. The van der Waals surface area contributed by atoms with Gasteiger partial charge in [-0.1, -0.05) is 6.07 Å². The second-order valence-corrected chi connectivity index (χ2v) is 11.6. The van der Waals surface area contributed by atoms with E-state index in [0.29, 0.717) is 0 Å². The molecule has 2 heterocycles. The van der Waals surface area contributed by atoms with E-state index >= 15 is 0 Å². The quantitative estimate of drug-likeness (QED) is 0.488. The van der Waals surface area contributed by atoms with Gasteiger partial charge in [0, 0.05) is 18.2 Å². The van der Waals surface area contributed by atoms with Crippen LogP contribution < -0.4 is 10.1 Å². The topological polar surface area (TPSA) is 158 Å². The molecule has 0 aliphatic carbocycles. The van der Waals surface area contributed by atoms with Crippen LogP contribution in [0.5, 0.6) is 11.8 Å². The summed E-state index contributed by atoms with van der Waals surface area (Å²) >= 11 is 0. The molecule has 2 aromatic heterocycles. The molecule has 11 nitrogen and oxygen atoms in total. The van der Waals surface area contributed by atoms with E-state index in [1.807, 2.05) is 0 Å². The van der Waals surface area contributed by atoms with Gasteiger partial charge in [-0.3, -0.25) is 4.79 Å². The highest BCUT2D eigenvalue weighted by atomic mass is 32.2. The maximum Gasteiger partial charge on any atom is 0.435 e. The SMILES string of the molecule is Cc1nc(S(C)(=O)=O)cnc1Oc1nnc(C(F)(F)F)c(C)c1C(=O)Nc1cccc(S(C)(=O)=O)c1. The lowest BCUT2D eigenvalue weighted by Gasteiger charge is -2.16. The summed E-state index contributed by atoms with van der Waals surface area (Å²) in [6, 6.07) is 5.08. The van der Waals surface area contributed by atoms with E-state index < -0.39 is 54.5 Å². The Kier molecular flexibility index (Phi) is 7.05. The molecule has 1 N–H and O–H groups in total. The minimum Gasteiger partial charge on any atom is -0.416 e. The second kappa shape index (κ2) is 9.42. The van der Waals surface area contributed by atoms with Crippen LogP contribution in [0.4, 0.5) is 18.9 Å². The van der Waals surface area contributed by atoms with Crippen molar-refractivity contribution >= 4 is 31.3 Å². The number of aromatic nitrogens is 4. The smallest absolute Gasteiger partial charge is 0.416 e. The first kappa shape index (κ1) is 26.9. The van der Waals surface area contributed by atoms with E-state index in [4.69, 9.17) is 4.74 Å². The number of carbonyl (C=O) groups excluding carboxylic acids is 1. The van der Waals surface area contributed by atoms with Crippen molar-refractivity contribution < 1.29 is 39.5 Å². The van der Waals surface area contributed by atoms with Gasteiger partial charge in [0.05, 0.1) is 11.1 Å². The number of aryl methyl sites for hydroxylation is 1. The predicted octanol–water partition coefficient (Wildman–Crippen LogP) is 2.75. The summed E-state index contributed by atoms with van der Waals surface area (Å²) in [7, 11) is -7.34. The second-order valence-electron chi connectivity index (χ2n) is 7.58. The highest BCUT2D eigenvalue weighted by Crippen LogP contribution is 2.35. The van der Waals surface area contributed by atoms with Gasteiger partial charge in [-0.25, -0.2) is 26.8 Å². The maximum atomic E-state index is 13.5. The summed E-state index contributed by atoms with van der Waals surface area (Å²) in [6.45, 7) is 2.31. The monoisotopic (exact) mass is 545 g/mol. The lowest BCUT2D eigenvalue weighted by atomic mass is 10.1. The first-order valence-corrected chi connectivity index (χ1v) is 13.5. The summed E-state index contributed by atoms with van der Waals surface area (Å²) in [6.07, 6.45) is -2.22. The molecule has 0 aliphatic heterocycles. The number of hydrogen-bond donors (Lipinski definition) is 1. The zero-order valence-corrected chi connectivity index (χ0v) is 20.7. The molecular formula is C20H18F3N5O6S2. The fourth-order valence-corrected chi connectivity index (χ4v) is 4.14. The Labute approximate surface area is 203 Å². The standard InChI is InChI=1S/C20H18F3N5O6S2/c1-10-15(17(29)26-12-6-5-7-13(8-12)35(3,30)31)19(28-27-16(10)20(21,22)23)34-18-11(2)25-14(9-24-18)36(4,32)33/h5-9H,1-4H3,(H,26,29). The number of ether oxygens (including phenoxy) is 1. The Morgan fingerprint density at radius 3 is 2.22 bits per heavy atom. The van der Waals surface area contributed by atoms with Crippen molar-refractivity contribution in [3.05, 3.63) is 53.0 Å². The number of amides is 1. The van der Waals surface area contributed by atoms with Crippen LogP contribution in [0, 0.1) is 13.8 Å². The molecule has 3 rings (SSSR count). The van der Waals surface area contributed by atoms with Gasteiger partial charge in [0.1, 0.15) is 11.3 Å². The van der Waals surface area contributed by atoms with Gasteiger partial charge < -0.3 is 10.1 Å². The van der Waals surface area contributed by atoms with E-state index in [2.05, 4.69) is 25.5 Å². The van der Waals surface area contributed by atoms with Gasteiger partial charge in [0.25, 0.3) is 11.8 Å². The lowest BCUT2D eigenvalue weighted by molar-refractivity contribution is -0.142. The Balaban J connectivity index is 2.09. The number of anilines is 1. The molecule has 36 heavy (non-hydrogen) atoms. The normalized spacial score (nSPS) is 12.3. The number of halogens is 3. The van der Waals surface area contributed by atoms with Gasteiger partial charge >= 0.3 is 6.18 Å². The number of sulfone groups is 2. The Morgan fingerprint density at radius 1 is 1.00 bits per heavy atom. The number of benzene rings is 1. The molecule has 0 atom stereocenters. The molecule has 0 aliphatic rings. The number of nitrogens with zero attached hydrogens (tertiary/aromatic N) is 4. The van der Waals surface area contributed by atoms with Crippen molar-refractivity contribution in [1.82, 2.24) is 20.2 Å². The third kappa shape index (κ3) is 5.93. The third-order valence-electron chi connectivity index (χ3n) is 4.65. The lowest BCUT2D eigenvalue weighted by Crippen LogP contribution is -2.21. The van der Waals surface area contributed by atoms with Crippen LogP contribution in [0.2, 0.25) is 0 Å². The Bertz CT molecular complexity index is 1580. The molecule has 0 unspecified atom stereocenters. The van der Waals surface area contributed by atoms with Gasteiger partial charge in [-0.2, -0.15) is 13.2 Å². The van der Waals surface area contributed by atoms with Crippen molar-refractivity contribution in [2.24, 2.45) is 0 Å². The number of carbonyl (C=O) groups is 1. The van der Waals surface area contributed by atoms with Crippen molar-refractivity contribution in [1.29, 1.82) is 0 Å². The third-order valence-corrected chi connectivity index (χ3v) is 6.72. The van der Waals surface area contributed by atoms with Crippen LogP contribution in [0.25, 0.3) is 0 Å². The minimum atomic E-state index is -4.95. The Morgan fingerprint density at radius 2 is 1.67 bits per heavy atom. The van der Waals surface area contributed by atoms with Gasteiger partial charge in [-0.15, -0.1) is 10.2 Å². The number of hydrogen-bond acceptors (Lipinski definition) is 10. The summed E-state index contributed by atoms with van der Waals surface area (Å²) in [4.78, 5) is 20.6. The minimum absolute atomic E-state index is 0.0212. The molecule has 3 aromatic rings. The molecule has 192 valence electrons.